The van der Waals surface area contributed by atoms with E-state index < -0.39 is 15.9 Å². The zero-order valence-corrected chi connectivity index (χ0v) is 10.9. The molecule has 1 radical (unpaired) electrons. The number of unbranched alkanes of at least 4 members (excludes halogenated alkanes) is 2. The molecule has 0 rings (SSSR count). The Morgan fingerprint density at radius 2 is 2.06 bits per heavy atom. The summed E-state index contributed by atoms with van der Waals surface area (Å²) in [6.07, 6.45) is 2.66. The van der Waals surface area contributed by atoms with Crippen LogP contribution in [0.25, 0.3) is 0 Å². The number of esters is 1. The first-order valence-corrected chi connectivity index (χ1v) is 5.88. The number of ether oxygens (including phenoxy) is 2. The summed E-state index contributed by atoms with van der Waals surface area (Å²) in [6, 6.07) is 0. The molecule has 0 bridgehead atoms. The minimum Gasteiger partial charge on any atom is -0.464 e. The van der Waals surface area contributed by atoms with Crippen molar-refractivity contribution in [2.24, 2.45) is 0 Å². The van der Waals surface area contributed by atoms with Gasteiger partial charge >= 0.3 is 12.4 Å². The van der Waals surface area contributed by atoms with Crippen molar-refractivity contribution < 1.29 is 19.1 Å². The van der Waals surface area contributed by atoms with Crippen LogP contribution >= 0.6 is 34.8 Å². The Kier molecular flexibility index (Phi) is 7.89. The van der Waals surface area contributed by atoms with Crippen LogP contribution in [-0.2, 0) is 19.1 Å². The fraction of sp³-hybridized carbons (Fsp3) is 0.778. The van der Waals surface area contributed by atoms with Crippen molar-refractivity contribution in [1.82, 2.24) is 0 Å². The zero-order valence-electron chi connectivity index (χ0n) is 8.67. The number of halogens is 3. The van der Waals surface area contributed by atoms with Crippen molar-refractivity contribution in [1.29, 1.82) is 0 Å². The lowest BCUT2D eigenvalue weighted by atomic mass is 10.3. The molecule has 7 heteroatoms. The fourth-order valence-corrected chi connectivity index (χ4v) is 1.19. The normalized spacial score (nSPS) is 13.0. The number of alkyl halides is 3. The van der Waals surface area contributed by atoms with E-state index in [4.69, 9.17) is 39.5 Å². The second-order valence-electron chi connectivity index (χ2n) is 2.98. The number of carbonyl (C=O) groups is 1. The van der Waals surface area contributed by atoms with Gasteiger partial charge in [-0.05, 0) is 6.42 Å². The van der Waals surface area contributed by atoms with E-state index in [1.807, 2.05) is 6.92 Å². The summed E-state index contributed by atoms with van der Waals surface area (Å²) >= 11 is 16.5. The summed E-state index contributed by atoms with van der Waals surface area (Å²) in [6.45, 7) is 3.26. The monoisotopic (exact) mass is 289 g/mol. The molecule has 0 aromatic carbocycles. The standard InChI is InChI=1S/C9H12Cl3O4/c1-2-3-4-5-15-8(14)7(10)9(11,12)16-6-13/h7H,2-5H2,1H3. The van der Waals surface area contributed by atoms with Gasteiger partial charge in [0.25, 0.3) is 4.52 Å². The number of hydrogen-bond donors (Lipinski definition) is 0. The number of rotatable bonds is 8. The van der Waals surface area contributed by atoms with Crippen LogP contribution in [0.15, 0.2) is 0 Å². The van der Waals surface area contributed by atoms with Crippen LogP contribution in [0.1, 0.15) is 26.2 Å². The third-order valence-corrected chi connectivity index (χ3v) is 2.97. The van der Waals surface area contributed by atoms with Crippen molar-refractivity contribution in [2.75, 3.05) is 6.61 Å². The van der Waals surface area contributed by atoms with Gasteiger partial charge in [-0.2, -0.15) is 0 Å². The molecule has 0 aliphatic rings. The molecule has 0 aliphatic heterocycles. The van der Waals surface area contributed by atoms with E-state index in [1.54, 1.807) is 0 Å². The predicted octanol–water partition coefficient (Wildman–Crippen LogP) is 2.54. The van der Waals surface area contributed by atoms with Gasteiger partial charge in [-0.25, -0.2) is 4.79 Å². The Balaban J connectivity index is 4.02. The molecule has 0 saturated heterocycles. The maximum absolute atomic E-state index is 11.3. The van der Waals surface area contributed by atoms with Crippen LogP contribution in [0.2, 0.25) is 0 Å². The summed E-state index contributed by atoms with van der Waals surface area (Å²) in [7, 11) is 0. The molecule has 0 aliphatic carbocycles. The first-order valence-electron chi connectivity index (χ1n) is 4.69. The number of hydrogen-bond acceptors (Lipinski definition) is 4. The van der Waals surface area contributed by atoms with Gasteiger partial charge in [-0.15, -0.1) is 11.6 Å². The molecule has 16 heavy (non-hydrogen) atoms. The van der Waals surface area contributed by atoms with Gasteiger partial charge in [-0.1, -0.05) is 43.0 Å². The molecule has 0 fully saturated rings. The third kappa shape index (κ3) is 5.77. The quantitative estimate of drug-likeness (QED) is 0.392. The third-order valence-electron chi connectivity index (χ3n) is 1.67. The summed E-state index contributed by atoms with van der Waals surface area (Å²) in [5, 5.41) is -1.49. The summed E-state index contributed by atoms with van der Waals surface area (Å²) < 4.78 is 6.76. The topological polar surface area (TPSA) is 52.6 Å². The first kappa shape index (κ1) is 15.8. The maximum Gasteiger partial charge on any atom is 0.420 e. The van der Waals surface area contributed by atoms with Gasteiger partial charge in [0, 0.05) is 0 Å². The van der Waals surface area contributed by atoms with Crippen molar-refractivity contribution in [2.45, 2.75) is 36.1 Å². The van der Waals surface area contributed by atoms with Gasteiger partial charge in [0.2, 0.25) is 0 Å². The van der Waals surface area contributed by atoms with Crippen LogP contribution in [0.4, 0.5) is 0 Å². The summed E-state index contributed by atoms with van der Waals surface area (Å²) in [4.78, 5) is 21.2. The Hall–Kier alpha value is -0.190. The Labute approximate surface area is 109 Å². The minimum absolute atomic E-state index is 0.227. The smallest absolute Gasteiger partial charge is 0.420 e. The van der Waals surface area contributed by atoms with Crippen molar-refractivity contribution in [3.05, 3.63) is 0 Å². The van der Waals surface area contributed by atoms with E-state index in [-0.39, 0.29) is 6.61 Å². The molecule has 0 saturated carbocycles. The van der Waals surface area contributed by atoms with Crippen molar-refractivity contribution in [3.8, 4) is 0 Å². The maximum atomic E-state index is 11.3. The molecule has 0 N–H and O–H groups in total. The van der Waals surface area contributed by atoms with Gasteiger partial charge in [0.05, 0.1) is 6.61 Å². The molecule has 1 atom stereocenters. The molecule has 1 unspecified atom stereocenters. The summed E-state index contributed by atoms with van der Waals surface area (Å²) in [5.41, 5.74) is 0. The molecular formula is C9H12Cl3O4. The van der Waals surface area contributed by atoms with Gasteiger partial charge in [0.1, 0.15) is 0 Å². The molecule has 0 spiro atoms. The van der Waals surface area contributed by atoms with Gasteiger partial charge in [-0.3, -0.25) is 4.79 Å². The predicted molar refractivity (Wildman–Crippen MR) is 61.3 cm³/mol. The SMILES string of the molecule is CCCCCOC(=O)C(Cl)C(Cl)(Cl)O[C]=O. The molecular weight excluding hydrogens is 278 g/mol. The van der Waals surface area contributed by atoms with Crippen LogP contribution in [0, 0.1) is 0 Å². The largest absolute Gasteiger partial charge is 0.464 e. The zero-order chi connectivity index (χ0) is 12.6. The minimum atomic E-state index is -2.16. The van der Waals surface area contributed by atoms with E-state index in [0.717, 1.165) is 25.7 Å². The lowest BCUT2D eigenvalue weighted by Gasteiger charge is -2.20. The lowest BCUT2D eigenvalue weighted by molar-refractivity contribution is -0.144. The highest BCUT2D eigenvalue weighted by Crippen LogP contribution is 2.31. The Morgan fingerprint density at radius 3 is 2.56 bits per heavy atom. The van der Waals surface area contributed by atoms with Gasteiger partial charge in [0.15, 0.2) is 5.38 Å². The average molecular weight is 291 g/mol. The molecule has 0 aromatic rings. The van der Waals surface area contributed by atoms with Crippen LogP contribution in [-0.4, -0.2) is 28.9 Å². The van der Waals surface area contributed by atoms with E-state index in [1.165, 1.54) is 0 Å². The Morgan fingerprint density at radius 1 is 1.44 bits per heavy atom. The molecule has 0 heterocycles. The Bertz CT molecular complexity index is 233. The second-order valence-corrected chi connectivity index (χ2v) is 4.74. The molecule has 0 amide bonds. The summed E-state index contributed by atoms with van der Waals surface area (Å²) in [5.74, 6) is -0.835. The van der Waals surface area contributed by atoms with Gasteiger partial charge < -0.3 is 9.47 Å². The van der Waals surface area contributed by atoms with Crippen LogP contribution < -0.4 is 0 Å². The van der Waals surface area contributed by atoms with Crippen LogP contribution in [0.3, 0.4) is 0 Å². The van der Waals surface area contributed by atoms with Crippen molar-refractivity contribution in [3.63, 3.8) is 0 Å². The molecule has 0 aromatic heterocycles. The first-order chi connectivity index (χ1) is 7.45. The average Bonchev–Trinajstić information content (AvgIpc) is 2.23. The highest BCUT2D eigenvalue weighted by molar-refractivity contribution is 6.54. The lowest BCUT2D eigenvalue weighted by Crippen LogP contribution is -2.37. The number of carbonyl (C=O) groups excluding carboxylic acids is 2. The van der Waals surface area contributed by atoms with Crippen molar-refractivity contribution >= 4 is 47.2 Å². The highest BCUT2D eigenvalue weighted by atomic mass is 35.5. The molecule has 4 nitrogen and oxygen atoms in total. The van der Waals surface area contributed by atoms with E-state index >= 15 is 0 Å². The van der Waals surface area contributed by atoms with E-state index in [2.05, 4.69) is 4.74 Å². The van der Waals surface area contributed by atoms with E-state index in [0.29, 0.717) is 0 Å². The molecule has 93 valence electrons. The van der Waals surface area contributed by atoms with E-state index in [9.17, 15) is 9.59 Å². The fourth-order valence-electron chi connectivity index (χ4n) is 0.842. The highest BCUT2D eigenvalue weighted by Gasteiger charge is 2.42. The second kappa shape index (κ2) is 7.98. The van der Waals surface area contributed by atoms with Crippen LogP contribution in [0.5, 0.6) is 0 Å².